The molecule has 0 saturated heterocycles. The second-order valence-corrected chi connectivity index (χ2v) is 4.05. The molecule has 0 aliphatic heterocycles. The maximum absolute atomic E-state index is 10.7. The number of aryl methyl sites for hydroxylation is 1. The van der Waals surface area contributed by atoms with E-state index < -0.39 is 0 Å². The van der Waals surface area contributed by atoms with Crippen molar-refractivity contribution in [2.45, 2.75) is 13.8 Å². The molecule has 0 bridgehead atoms. The summed E-state index contributed by atoms with van der Waals surface area (Å²) in [7, 11) is 0. The third-order valence-electron chi connectivity index (χ3n) is 2.35. The number of nitrogens with zero attached hydrogens (tertiary/aromatic N) is 2. The first kappa shape index (κ1) is 13.4. The summed E-state index contributed by atoms with van der Waals surface area (Å²) in [5.74, 6) is 1.13. The van der Waals surface area contributed by atoms with Crippen LogP contribution in [0.25, 0.3) is 11.5 Å². The monoisotopic (exact) mass is 281 g/mol. The SMILES string of the molecule is CCOc1c(Cl)ccc(NC=O)c1-c1nc(C)no1. The van der Waals surface area contributed by atoms with Crippen LogP contribution < -0.4 is 10.1 Å². The van der Waals surface area contributed by atoms with Gasteiger partial charge in [0.15, 0.2) is 11.6 Å². The smallest absolute Gasteiger partial charge is 0.263 e. The van der Waals surface area contributed by atoms with Crippen molar-refractivity contribution in [2.75, 3.05) is 11.9 Å². The zero-order valence-corrected chi connectivity index (χ0v) is 11.2. The average Bonchev–Trinajstić information content (AvgIpc) is 2.80. The summed E-state index contributed by atoms with van der Waals surface area (Å²) in [6.45, 7) is 3.95. The Hall–Kier alpha value is -2.08. The second kappa shape index (κ2) is 5.71. The molecule has 0 spiro atoms. The zero-order chi connectivity index (χ0) is 13.8. The minimum Gasteiger partial charge on any atom is -0.491 e. The van der Waals surface area contributed by atoms with Crippen LogP contribution in [-0.4, -0.2) is 23.2 Å². The van der Waals surface area contributed by atoms with Crippen molar-refractivity contribution in [1.29, 1.82) is 0 Å². The highest BCUT2D eigenvalue weighted by Gasteiger charge is 2.20. The summed E-state index contributed by atoms with van der Waals surface area (Å²) in [4.78, 5) is 14.8. The van der Waals surface area contributed by atoms with E-state index >= 15 is 0 Å². The number of nitrogens with one attached hydrogen (secondary N) is 1. The number of hydrogen-bond donors (Lipinski definition) is 1. The van der Waals surface area contributed by atoms with Crippen molar-refractivity contribution in [3.05, 3.63) is 23.0 Å². The molecule has 0 unspecified atom stereocenters. The van der Waals surface area contributed by atoms with E-state index in [-0.39, 0.29) is 5.89 Å². The quantitative estimate of drug-likeness (QED) is 0.853. The van der Waals surface area contributed by atoms with Crippen LogP contribution in [0.3, 0.4) is 0 Å². The molecule has 1 amide bonds. The van der Waals surface area contributed by atoms with Gasteiger partial charge >= 0.3 is 0 Å². The predicted octanol–water partition coefficient (Wildman–Crippen LogP) is 2.67. The molecule has 7 heteroatoms. The molecular formula is C12H12ClN3O3. The molecule has 0 aliphatic rings. The van der Waals surface area contributed by atoms with E-state index in [9.17, 15) is 4.79 Å². The van der Waals surface area contributed by atoms with Crippen LogP contribution in [0.4, 0.5) is 5.69 Å². The lowest BCUT2D eigenvalue weighted by Crippen LogP contribution is -2.01. The molecule has 0 aliphatic carbocycles. The highest BCUT2D eigenvalue weighted by Crippen LogP contribution is 2.41. The summed E-state index contributed by atoms with van der Waals surface area (Å²) < 4.78 is 10.6. The first-order valence-corrected chi connectivity index (χ1v) is 6.01. The number of amides is 1. The third kappa shape index (κ3) is 2.68. The Bertz CT molecular complexity index is 598. The van der Waals surface area contributed by atoms with Crippen LogP contribution >= 0.6 is 11.6 Å². The normalized spacial score (nSPS) is 10.3. The van der Waals surface area contributed by atoms with E-state index in [2.05, 4.69) is 15.5 Å². The van der Waals surface area contributed by atoms with Crippen LogP contribution in [0, 0.1) is 6.92 Å². The summed E-state index contributed by atoms with van der Waals surface area (Å²) >= 11 is 6.11. The maximum atomic E-state index is 10.7. The van der Waals surface area contributed by atoms with Gasteiger partial charge < -0.3 is 14.6 Å². The fourth-order valence-electron chi connectivity index (χ4n) is 1.64. The Morgan fingerprint density at radius 3 is 2.89 bits per heavy atom. The van der Waals surface area contributed by atoms with Gasteiger partial charge in [0.25, 0.3) is 5.89 Å². The van der Waals surface area contributed by atoms with Gasteiger partial charge in [-0.1, -0.05) is 16.8 Å². The molecule has 100 valence electrons. The average molecular weight is 282 g/mol. The Morgan fingerprint density at radius 1 is 1.53 bits per heavy atom. The van der Waals surface area contributed by atoms with Crippen molar-refractivity contribution in [3.8, 4) is 17.2 Å². The van der Waals surface area contributed by atoms with E-state index in [1.165, 1.54) is 0 Å². The van der Waals surface area contributed by atoms with E-state index in [0.29, 0.717) is 40.9 Å². The standard InChI is InChI=1S/C12H12ClN3O3/c1-3-18-11-8(13)4-5-9(14-6-17)10(11)12-15-7(2)16-19-12/h4-6H,3H2,1-2H3,(H,14,17). The van der Waals surface area contributed by atoms with Gasteiger partial charge in [0.2, 0.25) is 6.41 Å². The van der Waals surface area contributed by atoms with Crippen molar-refractivity contribution < 1.29 is 14.1 Å². The van der Waals surface area contributed by atoms with E-state index in [4.69, 9.17) is 20.9 Å². The Morgan fingerprint density at radius 2 is 2.32 bits per heavy atom. The van der Waals surface area contributed by atoms with Crippen LogP contribution in [0.2, 0.25) is 5.02 Å². The van der Waals surface area contributed by atoms with E-state index in [1.54, 1.807) is 19.1 Å². The maximum Gasteiger partial charge on any atom is 0.263 e. The second-order valence-electron chi connectivity index (χ2n) is 3.64. The highest BCUT2D eigenvalue weighted by atomic mass is 35.5. The van der Waals surface area contributed by atoms with Crippen molar-refractivity contribution >= 4 is 23.7 Å². The molecular weight excluding hydrogens is 270 g/mol. The van der Waals surface area contributed by atoms with Gasteiger partial charge in [-0.05, 0) is 26.0 Å². The molecule has 1 heterocycles. The first-order chi connectivity index (χ1) is 9.17. The molecule has 0 radical (unpaired) electrons. The topological polar surface area (TPSA) is 77.2 Å². The Labute approximate surface area is 114 Å². The number of aromatic nitrogens is 2. The molecule has 0 atom stereocenters. The minimum absolute atomic E-state index is 0.243. The summed E-state index contributed by atoms with van der Waals surface area (Å²) in [5.41, 5.74) is 0.966. The number of hydrogen-bond acceptors (Lipinski definition) is 5. The molecule has 2 rings (SSSR count). The minimum atomic E-state index is 0.243. The lowest BCUT2D eigenvalue weighted by Gasteiger charge is -2.13. The van der Waals surface area contributed by atoms with Gasteiger partial charge in [0, 0.05) is 0 Å². The Kier molecular flexibility index (Phi) is 4.01. The lowest BCUT2D eigenvalue weighted by molar-refractivity contribution is -0.105. The number of carbonyl (C=O) groups is 1. The van der Waals surface area contributed by atoms with Gasteiger partial charge in [0.1, 0.15) is 5.56 Å². The summed E-state index contributed by atoms with van der Waals surface area (Å²) in [6.07, 6.45) is 0.561. The fourth-order valence-corrected chi connectivity index (χ4v) is 1.85. The molecule has 19 heavy (non-hydrogen) atoms. The fraction of sp³-hybridized carbons (Fsp3) is 0.250. The van der Waals surface area contributed by atoms with Crippen LogP contribution in [0.1, 0.15) is 12.7 Å². The number of anilines is 1. The molecule has 1 aromatic carbocycles. The van der Waals surface area contributed by atoms with Gasteiger partial charge in [-0.2, -0.15) is 4.98 Å². The van der Waals surface area contributed by atoms with Gasteiger partial charge in [0.05, 0.1) is 17.3 Å². The van der Waals surface area contributed by atoms with Crippen molar-refractivity contribution in [3.63, 3.8) is 0 Å². The highest BCUT2D eigenvalue weighted by molar-refractivity contribution is 6.32. The molecule has 6 nitrogen and oxygen atoms in total. The van der Waals surface area contributed by atoms with E-state index in [0.717, 1.165) is 0 Å². The largest absolute Gasteiger partial charge is 0.491 e. The number of benzene rings is 1. The summed E-state index contributed by atoms with van der Waals surface area (Å²) in [5, 5.41) is 6.69. The molecule has 2 aromatic rings. The lowest BCUT2D eigenvalue weighted by atomic mass is 10.1. The molecule has 1 aromatic heterocycles. The van der Waals surface area contributed by atoms with Gasteiger partial charge in [-0.15, -0.1) is 0 Å². The van der Waals surface area contributed by atoms with Gasteiger partial charge in [-0.25, -0.2) is 0 Å². The first-order valence-electron chi connectivity index (χ1n) is 5.63. The molecule has 0 fully saturated rings. The van der Waals surface area contributed by atoms with Crippen LogP contribution in [-0.2, 0) is 4.79 Å². The molecule has 1 N–H and O–H groups in total. The number of halogens is 1. The number of rotatable bonds is 5. The third-order valence-corrected chi connectivity index (χ3v) is 2.65. The van der Waals surface area contributed by atoms with Crippen molar-refractivity contribution in [2.24, 2.45) is 0 Å². The van der Waals surface area contributed by atoms with Crippen molar-refractivity contribution in [1.82, 2.24) is 10.1 Å². The zero-order valence-electron chi connectivity index (χ0n) is 10.4. The summed E-state index contributed by atoms with van der Waals surface area (Å²) in [6, 6.07) is 3.28. The number of ether oxygens (including phenoxy) is 1. The predicted molar refractivity (Wildman–Crippen MR) is 70.3 cm³/mol. The van der Waals surface area contributed by atoms with Gasteiger partial charge in [-0.3, -0.25) is 4.79 Å². The number of carbonyl (C=O) groups excluding carboxylic acids is 1. The van der Waals surface area contributed by atoms with Crippen LogP contribution in [0.5, 0.6) is 5.75 Å². The van der Waals surface area contributed by atoms with E-state index in [1.807, 2.05) is 6.92 Å². The molecule has 0 saturated carbocycles. The Balaban J connectivity index is 2.64. The van der Waals surface area contributed by atoms with Crippen LogP contribution in [0.15, 0.2) is 16.7 Å².